The Labute approximate surface area is 103 Å². The van der Waals surface area contributed by atoms with E-state index in [2.05, 4.69) is 16.6 Å². The fraction of sp³-hybridized carbons (Fsp3) is 1.00. The number of nitrogens with zero attached hydrogens (tertiary/aromatic N) is 1. The van der Waals surface area contributed by atoms with E-state index in [4.69, 9.17) is 0 Å². The van der Waals surface area contributed by atoms with Gasteiger partial charge in [-0.15, -0.1) is 0 Å². The van der Waals surface area contributed by atoms with Gasteiger partial charge in [0.1, 0.15) is 0 Å². The maximum absolute atomic E-state index is 11.9. The molecule has 0 radical (unpaired) electrons. The largest absolute Gasteiger partial charge is 0.345 e. The van der Waals surface area contributed by atoms with Crippen molar-refractivity contribution in [2.75, 3.05) is 13.1 Å². The van der Waals surface area contributed by atoms with Gasteiger partial charge in [-0.25, -0.2) is 0 Å². The van der Waals surface area contributed by atoms with E-state index in [9.17, 15) is 8.78 Å². The minimum atomic E-state index is -2.61. The molecule has 1 aliphatic heterocycles. The predicted molar refractivity (Wildman–Crippen MR) is 65.2 cm³/mol. The van der Waals surface area contributed by atoms with Crippen molar-refractivity contribution in [3.05, 3.63) is 0 Å². The van der Waals surface area contributed by atoms with Gasteiger partial charge < -0.3 is 4.74 Å². The summed E-state index contributed by atoms with van der Waals surface area (Å²) in [5, 5.41) is 0. The van der Waals surface area contributed by atoms with Crippen LogP contribution in [0.25, 0.3) is 0 Å². The summed E-state index contributed by atoms with van der Waals surface area (Å²) in [7, 11) is 0. The van der Waals surface area contributed by atoms with Gasteiger partial charge in [0.15, 0.2) is 0 Å². The van der Waals surface area contributed by atoms with E-state index in [1.54, 1.807) is 0 Å². The molecule has 2 aliphatic rings. The van der Waals surface area contributed by atoms with Crippen LogP contribution in [-0.4, -0.2) is 36.7 Å². The van der Waals surface area contributed by atoms with Gasteiger partial charge in [0.05, 0.1) is 6.10 Å². The summed E-state index contributed by atoms with van der Waals surface area (Å²) in [4.78, 5) is 2.29. The second kappa shape index (κ2) is 7.27. The summed E-state index contributed by atoms with van der Waals surface area (Å²) in [5.74, 6) is 0.843. The van der Waals surface area contributed by atoms with Gasteiger partial charge >= 0.3 is 6.61 Å². The first-order valence-electron chi connectivity index (χ1n) is 6.83. The van der Waals surface area contributed by atoms with Crippen LogP contribution >= 0.6 is 0 Å². The molecule has 17 heavy (non-hydrogen) atoms. The molecule has 102 valence electrons. The Morgan fingerprint density at radius 2 is 1.59 bits per heavy atom. The van der Waals surface area contributed by atoms with Crippen molar-refractivity contribution in [1.29, 1.82) is 0 Å². The third kappa shape index (κ3) is 4.51. The lowest BCUT2D eigenvalue weighted by molar-refractivity contribution is -0.202. The molecule has 0 aromatic heterocycles. The van der Waals surface area contributed by atoms with Crippen LogP contribution in [0.3, 0.4) is 0 Å². The first-order valence-corrected chi connectivity index (χ1v) is 6.83. The second-order valence-corrected chi connectivity index (χ2v) is 4.89. The lowest BCUT2D eigenvalue weighted by atomic mass is 9.85. The van der Waals surface area contributed by atoms with Crippen LogP contribution in [0.1, 0.15) is 46.5 Å². The standard InChI is InChI=1S/C11H19F2NO.C2H6/c1-8-2-4-9(5-3-8)14-6-10(7-14)15-11(12)13;1-2/h8-11H,2-7H2,1H3;1-2H3. The van der Waals surface area contributed by atoms with Gasteiger partial charge in [0.2, 0.25) is 0 Å². The molecule has 1 saturated carbocycles. The summed E-state index contributed by atoms with van der Waals surface area (Å²) in [6.45, 7) is 5.07. The average Bonchev–Trinajstić information content (AvgIpc) is 2.27. The third-order valence-corrected chi connectivity index (χ3v) is 3.67. The minimum Gasteiger partial charge on any atom is -0.317 e. The SMILES string of the molecule is CC.CC1CCC(N2CC(OC(F)F)C2)CC1. The van der Waals surface area contributed by atoms with E-state index in [1.807, 2.05) is 13.8 Å². The zero-order valence-electron chi connectivity index (χ0n) is 11.2. The number of likely N-dealkylation sites (tertiary alicyclic amines) is 1. The first-order chi connectivity index (χ1) is 8.15. The molecule has 0 amide bonds. The van der Waals surface area contributed by atoms with Crippen molar-refractivity contribution < 1.29 is 13.5 Å². The highest BCUT2D eigenvalue weighted by Gasteiger charge is 2.35. The van der Waals surface area contributed by atoms with E-state index in [0.717, 1.165) is 5.92 Å². The van der Waals surface area contributed by atoms with Crippen molar-refractivity contribution in [2.45, 2.75) is 65.2 Å². The molecule has 2 fully saturated rings. The van der Waals surface area contributed by atoms with Crippen molar-refractivity contribution in [3.63, 3.8) is 0 Å². The summed E-state index contributed by atoms with van der Waals surface area (Å²) in [6, 6.07) is 0.624. The molecule has 1 heterocycles. The van der Waals surface area contributed by atoms with Gasteiger partial charge in [-0.05, 0) is 31.6 Å². The van der Waals surface area contributed by atoms with Gasteiger partial charge in [-0.3, -0.25) is 4.90 Å². The Morgan fingerprint density at radius 1 is 1.06 bits per heavy atom. The number of hydrogen-bond acceptors (Lipinski definition) is 2. The number of hydrogen-bond donors (Lipinski definition) is 0. The molecule has 0 aromatic rings. The summed E-state index contributed by atoms with van der Waals surface area (Å²) >= 11 is 0. The minimum absolute atomic E-state index is 0.232. The Kier molecular flexibility index (Phi) is 6.34. The Morgan fingerprint density at radius 3 is 2.06 bits per heavy atom. The van der Waals surface area contributed by atoms with Crippen LogP contribution in [0.4, 0.5) is 8.78 Å². The van der Waals surface area contributed by atoms with Gasteiger partial charge in [0.25, 0.3) is 0 Å². The molecule has 0 atom stereocenters. The quantitative estimate of drug-likeness (QED) is 0.759. The predicted octanol–water partition coefficient (Wildman–Crippen LogP) is 3.51. The summed E-state index contributed by atoms with van der Waals surface area (Å²) in [5.41, 5.74) is 0. The monoisotopic (exact) mass is 249 g/mol. The molecule has 1 aliphatic carbocycles. The van der Waals surface area contributed by atoms with Crippen molar-refractivity contribution in [3.8, 4) is 0 Å². The highest BCUT2D eigenvalue weighted by Crippen LogP contribution is 2.30. The summed E-state index contributed by atoms with van der Waals surface area (Å²) < 4.78 is 28.2. The normalized spacial score (nSPS) is 30.7. The molecule has 1 saturated heterocycles. The van der Waals surface area contributed by atoms with Crippen LogP contribution < -0.4 is 0 Å². The molecule has 0 unspecified atom stereocenters. The van der Waals surface area contributed by atoms with Crippen LogP contribution in [0.15, 0.2) is 0 Å². The maximum atomic E-state index is 11.9. The van der Waals surface area contributed by atoms with E-state index >= 15 is 0 Å². The molecule has 2 nitrogen and oxygen atoms in total. The lowest BCUT2D eigenvalue weighted by Gasteiger charge is -2.45. The lowest BCUT2D eigenvalue weighted by Crippen LogP contribution is -2.57. The summed E-state index contributed by atoms with van der Waals surface area (Å²) in [6.07, 6.45) is 4.78. The third-order valence-electron chi connectivity index (χ3n) is 3.67. The van der Waals surface area contributed by atoms with Crippen LogP contribution in [-0.2, 0) is 4.74 Å². The number of halogens is 2. The smallest absolute Gasteiger partial charge is 0.317 e. The van der Waals surface area contributed by atoms with Gasteiger partial charge in [0, 0.05) is 19.1 Å². The molecule has 4 heteroatoms. The number of ether oxygens (including phenoxy) is 1. The van der Waals surface area contributed by atoms with Crippen molar-refractivity contribution in [1.82, 2.24) is 4.90 Å². The van der Waals surface area contributed by atoms with E-state index in [-0.39, 0.29) is 6.10 Å². The fourth-order valence-corrected chi connectivity index (χ4v) is 2.61. The Balaban J connectivity index is 0.000000686. The van der Waals surface area contributed by atoms with Crippen molar-refractivity contribution in [2.24, 2.45) is 5.92 Å². The Bertz CT molecular complexity index is 200. The molecular formula is C13H25F2NO. The number of rotatable bonds is 3. The average molecular weight is 249 g/mol. The van der Waals surface area contributed by atoms with Crippen molar-refractivity contribution >= 4 is 0 Å². The molecule has 0 bridgehead atoms. The molecule has 0 spiro atoms. The molecular weight excluding hydrogens is 224 g/mol. The second-order valence-electron chi connectivity index (χ2n) is 4.89. The van der Waals surface area contributed by atoms with Gasteiger partial charge in [-0.2, -0.15) is 8.78 Å². The van der Waals surface area contributed by atoms with Crippen LogP contribution in [0, 0.1) is 5.92 Å². The highest BCUT2D eigenvalue weighted by atomic mass is 19.3. The number of alkyl halides is 2. The Hall–Kier alpha value is -0.220. The van der Waals surface area contributed by atoms with E-state index < -0.39 is 6.61 Å². The molecule has 0 aromatic carbocycles. The van der Waals surface area contributed by atoms with E-state index in [0.29, 0.717) is 19.1 Å². The topological polar surface area (TPSA) is 12.5 Å². The first kappa shape index (κ1) is 14.8. The maximum Gasteiger partial charge on any atom is 0.345 e. The van der Waals surface area contributed by atoms with Crippen LogP contribution in [0.5, 0.6) is 0 Å². The highest BCUT2D eigenvalue weighted by molar-refractivity contribution is 4.88. The molecule has 0 N–H and O–H groups in total. The van der Waals surface area contributed by atoms with Gasteiger partial charge in [-0.1, -0.05) is 20.8 Å². The fourth-order valence-electron chi connectivity index (χ4n) is 2.61. The van der Waals surface area contributed by atoms with Crippen LogP contribution in [0.2, 0.25) is 0 Å². The zero-order valence-corrected chi connectivity index (χ0v) is 11.2. The zero-order chi connectivity index (χ0) is 12.8. The van der Waals surface area contributed by atoms with E-state index in [1.165, 1.54) is 25.7 Å². The molecule has 2 rings (SSSR count).